The van der Waals surface area contributed by atoms with E-state index in [1.54, 1.807) is 31.2 Å². The lowest BCUT2D eigenvalue weighted by Crippen LogP contribution is -2.43. The van der Waals surface area contributed by atoms with E-state index in [1.165, 1.54) is 13.2 Å². The molecule has 0 radical (unpaired) electrons. The number of hydrogen-bond acceptors (Lipinski definition) is 7. The number of amides is 2. The Balaban J connectivity index is 2.27. The number of aliphatic hydroxyl groups is 1. The molecule has 1 aromatic carbocycles. The summed E-state index contributed by atoms with van der Waals surface area (Å²) in [5, 5.41) is 27.0. The molecule has 0 aromatic heterocycles. The Morgan fingerprint density at radius 1 is 1.11 bits per heavy atom. The number of carbonyl (C=O) groups excluding carboxylic acids is 3. The molecule has 9 nitrogen and oxygen atoms in total. The molecule has 242 valence electrons. The van der Waals surface area contributed by atoms with Gasteiger partial charge in [0, 0.05) is 37.6 Å². The molecule has 1 heterocycles. The number of aromatic hydroxyl groups is 1. The summed E-state index contributed by atoms with van der Waals surface area (Å²) in [6, 6.07) is 4.13. The van der Waals surface area contributed by atoms with Gasteiger partial charge in [-0.05, 0) is 62.3 Å². The minimum Gasteiger partial charge on any atom is -0.508 e. The van der Waals surface area contributed by atoms with Gasteiger partial charge in [0.2, 0.25) is 11.8 Å². The number of ether oxygens (including phenoxy) is 2. The van der Waals surface area contributed by atoms with Crippen LogP contribution in [-0.2, 0) is 30.3 Å². The molecule has 0 spiro atoms. The third kappa shape index (κ3) is 13.3. The zero-order valence-corrected chi connectivity index (χ0v) is 26.9. The Labute approximate surface area is 262 Å². The molecular weight excluding hydrogens is 560 g/mol. The van der Waals surface area contributed by atoms with Crippen LogP contribution >= 0.6 is 0 Å². The van der Waals surface area contributed by atoms with Crippen molar-refractivity contribution in [1.29, 1.82) is 0 Å². The fourth-order valence-corrected chi connectivity index (χ4v) is 4.74. The van der Waals surface area contributed by atoms with Crippen LogP contribution in [-0.4, -0.2) is 59.5 Å². The molecule has 2 bridgehead atoms. The molecule has 2 amide bonds. The number of aryl methyl sites for hydroxylation is 1. The minimum absolute atomic E-state index is 0.0429. The van der Waals surface area contributed by atoms with Gasteiger partial charge in [-0.15, -0.1) is 0 Å². The van der Waals surface area contributed by atoms with Gasteiger partial charge in [-0.3, -0.25) is 9.59 Å². The highest BCUT2D eigenvalue weighted by molar-refractivity contribution is 5.91. The average Bonchev–Trinajstić information content (AvgIpc) is 2.96. The largest absolute Gasteiger partial charge is 0.508 e. The molecule has 5 atom stereocenters. The van der Waals surface area contributed by atoms with Gasteiger partial charge in [-0.1, -0.05) is 63.3 Å². The van der Waals surface area contributed by atoms with E-state index in [4.69, 9.17) is 9.47 Å². The van der Waals surface area contributed by atoms with E-state index in [9.17, 15) is 24.6 Å². The number of phenols is 1. The number of anilines is 1. The molecule has 0 saturated heterocycles. The van der Waals surface area contributed by atoms with E-state index in [-0.39, 0.29) is 24.0 Å². The first kappa shape index (κ1) is 36.5. The highest BCUT2D eigenvalue weighted by atomic mass is 16.5. The molecule has 1 aromatic rings. The number of carbonyl (C=O) groups is 3. The van der Waals surface area contributed by atoms with Crippen molar-refractivity contribution in [3.8, 4) is 5.75 Å². The molecule has 1 aliphatic heterocycles. The summed E-state index contributed by atoms with van der Waals surface area (Å²) in [5.74, 6) is -1.02. The number of phenolic OH excluding ortho intramolecular Hbond substituents is 1. The van der Waals surface area contributed by atoms with Crippen LogP contribution in [0.1, 0.15) is 72.3 Å². The summed E-state index contributed by atoms with van der Waals surface area (Å²) in [6.45, 7) is 9.34. The number of benzene rings is 1. The number of aliphatic hydroxyl groups excluding tert-OH is 1. The Morgan fingerprint density at radius 3 is 2.55 bits per heavy atom. The molecule has 44 heavy (non-hydrogen) atoms. The molecule has 2 rings (SSSR count). The van der Waals surface area contributed by atoms with Crippen LogP contribution in [0.25, 0.3) is 0 Å². The highest BCUT2D eigenvalue weighted by Gasteiger charge is 2.29. The second kappa shape index (κ2) is 18.9. The van der Waals surface area contributed by atoms with E-state index in [0.717, 1.165) is 17.6 Å². The predicted octanol–water partition coefficient (Wildman–Crippen LogP) is 5.54. The molecule has 0 fully saturated rings. The van der Waals surface area contributed by atoms with Gasteiger partial charge in [0.05, 0.1) is 18.6 Å². The molecule has 4 N–H and O–H groups in total. The number of hydrogen-bond donors (Lipinski definition) is 4. The van der Waals surface area contributed by atoms with Crippen LogP contribution in [0.4, 0.5) is 5.69 Å². The number of rotatable bonds is 7. The number of nitrogens with one attached hydrogen (secondary N) is 2. The molecule has 1 aliphatic rings. The van der Waals surface area contributed by atoms with Crippen molar-refractivity contribution in [2.24, 2.45) is 11.8 Å². The maximum Gasteiger partial charge on any atom is 0.328 e. The summed E-state index contributed by atoms with van der Waals surface area (Å²) < 4.78 is 11.3. The topological polar surface area (TPSA) is 134 Å². The van der Waals surface area contributed by atoms with Crippen LogP contribution in [0.15, 0.2) is 66.3 Å². The lowest BCUT2D eigenvalue weighted by Gasteiger charge is -2.29. The smallest absolute Gasteiger partial charge is 0.328 e. The normalized spacial score (nSPS) is 26.2. The molecule has 0 unspecified atom stereocenters. The quantitative estimate of drug-likeness (QED) is 0.235. The predicted molar refractivity (Wildman–Crippen MR) is 173 cm³/mol. The van der Waals surface area contributed by atoms with Crippen LogP contribution in [0.2, 0.25) is 0 Å². The highest BCUT2D eigenvalue weighted by Crippen LogP contribution is 2.24. The van der Waals surface area contributed by atoms with Crippen molar-refractivity contribution in [2.75, 3.05) is 12.4 Å². The summed E-state index contributed by atoms with van der Waals surface area (Å²) in [7, 11) is 1.53. The van der Waals surface area contributed by atoms with Crippen molar-refractivity contribution < 1.29 is 34.1 Å². The lowest BCUT2D eigenvalue weighted by molar-refractivity contribution is -0.156. The van der Waals surface area contributed by atoms with E-state index in [1.807, 2.05) is 58.1 Å². The molecule has 9 heteroatoms. The van der Waals surface area contributed by atoms with Crippen molar-refractivity contribution in [2.45, 2.75) is 97.5 Å². The second-order valence-corrected chi connectivity index (χ2v) is 11.8. The minimum atomic E-state index is -0.880. The Bertz CT molecular complexity index is 1220. The number of allylic oxidation sites excluding steroid dienone is 5. The van der Waals surface area contributed by atoms with Gasteiger partial charge in [0.1, 0.15) is 17.9 Å². The summed E-state index contributed by atoms with van der Waals surface area (Å²) in [5.41, 5.74) is 2.05. The number of esters is 1. The molecule has 0 aliphatic carbocycles. The van der Waals surface area contributed by atoms with E-state index < -0.39 is 36.2 Å². The maximum atomic E-state index is 13.0. The first-order valence-electron chi connectivity index (χ1n) is 15.4. The Morgan fingerprint density at radius 2 is 1.84 bits per heavy atom. The van der Waals surface area contributed by atoms with E-state index >= 15 is 0 Å². The van der Waals surface area contributed by atoms with Gasteiger partial charge in [-0.2, -0.15) is 0 Å². The van der Waals surface area contributed by atoms with Crippen LogP contribution in [0, 0.1) is 11.8 Å². The van der Waals surface area contributed by atoms with Crippen LogP contribution in [0.3, 0.4) is 0 Å². The summed E-state index contributed by atoms with van der Waals surface area (Å²) in [6.07, 6.45) is 13.5. The first-order chi connectivity index (χ1) is 20.9. The second-order valence-electron chi connectivity index (χ2n) is 11.8. The average molecular weight is 611 g/mol. The third-order valence-electron chi connectivity index (χ3n) is 7.51. The Hall–Kier alpha value is -3.69. The zero-order valence-electron chi connectivity index (χ0n) is 26.9. The van der Waals surface area contributed by atoms with Gasteiger partial charge < -0.3 is 30.3 Å². The van der Waals surface area contributed by atoms with Gasteiger partial charge >= 0.3 is 5.97 Å². The summed E-state index contributed by atoms with van der Waals surface area (Å²) in [4.78, 5) is 37.9. The van der Waals surface area contributed by atoms with Crippen molar-refractivity contribution in [1.82, 2.24) is 5.32 Å². The SMILES string of the molecule is CO[C@H]1\C=C/C=C/C=C/C[C@H](OC(=O)[C@@H](C)NC(=O)CCC(C)C)[C@@H](C)[C@@H](O)/C(C)=C\CCc2cc(O)cc(c2)NC(=O)C1. The zero-order chi connectivity index (χ0) is 32.6. The van der Waals surface area contributed by atoms with Crippen molar-refractivity contribution in [3.63, 3.8) is 0 Å². The molecule has 0 saturated carbocycles. The van der Waals surface area contributed by atoms with E-state index in [0.29, 0.717) is 37.3 Å². The lowest BCUT2D eigenvalue weighted by atomic mass is 9.90. The van der Waals surface area contributed by atoms with Crippen LogP contribution in [0.5, 0.6) is 5.75 Å². The number of fused-ring (bicyclic) bond motifs is 2. The molecular formula is C35H50N2O7. The Kier molecular flexibility index (Phi) is 15.6. The van der Waals surface area contributed by atoms with Gasteiger partial charge in [0.25, 0.3) is 0 Å². The van der Waals surface area contributed by atoms with Gasteiger partial charge in [0.15, 0.2) is 0 Å². The monoisotopic (exact) mass is 610 g/mol. The van der Waals surface area contributed by atoms with Gasteiger partial charge in [-0.25, -0.2) is 4.79 Å². The van der Waals surface area contributed by atoms with E-state index in [2.05, 4.69) is 10.6 Å². The third-order valence-corrected chi connectivity index (χ3v) is 7.51. The van der Waals surface area contributed by atoms with Crippen molar-refractivity contribution >= 4 is 23.5 Å². The first-order valence-corrected chi connectivity index (χ1v) is 15.4. The standard InChI is InChI=1S/C35H50N2O7/c1-23(2)17-18-32(39)36-26(5)35(42)44-31-16-11-9-7-8-10-15-30(43-6)22-33(40)37-28-19-27(20-29(38)21-28)14-12-13-24(3)34(41)25(31)4/h7-11,13,15,19-21,23,25-26,30-31,34,38,41H,12,14,16-18,22H2,1-6H3,(H,36,39)(H,37,40)/b8-7+,11-9+,15-10-,24-13-/t25-,26-,30+,31+,34+/m1/s1. The fraction of sp³-hybridized carbons (Fsp3) is 0.514. The fourth-order valence-electron chi connectivity index (χ4n) is 4.74. The number of methoxy groups -OCH3 is 1. The van der Waals surface area contributed by atoms with Crippen LogP contribution < -0.4 is 10.6 Å². The van der Waals surface area contributed by atoms with Crippen molar-refractivity contribution in [3.05, 3.63) is 71.9 Å². The maximum absolute atomic E-state index is 13.0. The summed E-state index contributed by atoms with van der Waals surface area (Å²) >= 11 is 0.